The molecule has 9 nitrogen and oxygen atoms in total. The van der Waals surface area contributed by atoms with Crippen LogP contribution >= 0.6 is 0 Å². The first-order chi connectivity index (χ1) is 14.1. The van der Waals surface area contributed by atoms with Gasteiger partial charge in [-0.05, 0) is 24.3 Å². The number of ether oxygens (including phenoxy) is 2. The average Bonchev–Trinajstić information content (AvgIpc) is 3.13. The average molecular weight is 446 g/mol. The third kappa shape index (κ3) is 4.26. The molecule has 1 amide bonds. The summed E-state index contributed by atoms with van der Waals surface area (Å²) in [5, 5.41) is 3.15. The number of rotatable bonds is 4. The van der Waals surface area contributed by atoms with Crippen LogP contribution in [0, 0.1) is 0 Å². The highest BCUT2D eigenvalue weighted by atomic mass is 32.2. The molecule has 162 valence electrons. The van der Waals surface area contributed by atoms with Crippen LogP contribution in [0.3, 0.4) is 0 Å². The molecule has 4 rings (SSSR count). The number of halogens is 3. The molecule has 0 bridgehead atoms. The maximum atomic E-state index is 12.7. The molecule has 2 saturated heterocycles. The smallest absolute Gasteiger partial charge is 0.406 e. The minimum Gasteiger partial charge on any atom is -0.406 e. The normalized spacial score (nSPS) is 22.5. The second-order valence-corrected chi connectivity index (χ2v) is 9.56. The lowest BCUT2D eigenvalue weighted by molar-refractivity contribution is -0.274. The zero-order valence-electron chi connectivity index (χ0n) is 15.4. The van der Waals surface area contributed by atoms with Gasteiger partial charge in [0.25, 0.3) is 5.91 Å². The first-order valence-electron chi connectivity index (χ1n) is 8.88. The van der Waals surface area contributed by atoms with Gasteiger partial charge in [0.05, 0.1) is 32.0 Å². The topological polar surface area (TPSA) is 104 Å². The van der Waals surface area contributed by atoms with Gasteiger partial charge in [-0.3, -0.25) is 9.48 Å². The van der Waals surface area contributed by atoms with E-state index in [1.165, 1.54) is 34.4 Å². The zero-order valence-corrected chi connectivity index (χ0v) is 16.3. The highest BCUT2D eigenvalue weighted by molar-refractivity contribution is 7.92. The second kappa shape index (κ2) is 7.23. The first-order valence-corrected chi connectivity index (χ1v) is 10.6. The maximum absolute atomic E-state index is 12.7. The van der Waals surface area contributed by atoms with Gasteiger partial charge in [0.15, 0.2) is 9.84 Å². The number of amides is 1. The minimum absolute atomic E-state index is 0.0201. The molecule has 1 aromatic heterocycles. The highest BCUT2D eigenvalue weighted by Crippen LogP contribution is 2.34. The van der Waals surface area contributed by atoms with Crippen LogP contribution in [0.15, 0.2) is 36.9 Å². The predicted molar refractivity (Wildman–Crippen MR) is 95.3 cm³/mol. The summed E-state index contributed by atoms with van der Waals surface area (Å²) >= 11 is 0. The van der Waals surface area contributed by atoms with Gasteiger partial charge in [0, 0.05) is 5.56 Å². The van der Waals surface area contributed by atoms with E-state index in [0.717, 1.165) is 12.1 Å². The molecule has 1 aromatic carbocycles. The van der Waals surface area contributed by atoms with E-state index >= 15 is 0 Å². The molecule has 0 saturated carbocycles. The summed E-state index contributed by atoms with van der Waals surface area (Å²) in [7, 11) is -3.48. The molecule has 13 heteroatoms. The molecule has 3 heterocycles. The second-order valence-electron chi connectivity index (χ2n) is 7.27. The standard InChI is InChI=1S/C17H17F3N4O5S/c18-17(19,20)29-13-3-1-12(2-4-13)15(25)23-7-16(8-23)9-30(26,27)14(6-28-16)5-24-11-21-10-22-24/h1-4,10-11,14H,5-9H2/t14-/m0/s1. The van der Waals surface area contributed by atoms with E-state index in [2.05, 4.69) is 14.8 Å². The van der Waals surface area contributed by atoms with E-state index in [9.17, 15) is 26.4 Å². The third-order valence-corrected chi connectivity index (χ3v) is 7.21. The number of nitrogens with zero attached hydrogens (tertiary/aromatic N) is 4. The molecule has 1 spiro atoms. The van der Waals surface area contributed by atoms with E-state index in [-0.39, 0.29) is 37.6 Å². The van der Waals surface area contributed by atoms with Crippen molar-refractivity contribution in [3.8, 4) is 5.75 Å². The van der Waals surface area contributed by atoms with Gasteiger partial charge in [-0.15, -0.1) is 13.2 Å². The fourth-order valence-corrected chi connectivity index (χ4v) is 5.45. The Labute approximate surface area is 169 Å². The molecule has 2 aromatic rings. The van der Waals surface area contributed by atoms with Crippen molar-refractivity contribution in [3.05, 3.63) is 42.5 Å². The molecule has 2 aliphatic rings. The summed E-state index contributed by atoms with van der Waals surface area (Å²) in [6.45, 7) is 0.283. The Morgan fingerprint density at radius 2 is 1.97 bits per heavy atom. The van der Waals surface area contributed by atoms with Gasteiger partial charge >= 0.3 is 6.36 Å². The summed E-state index contributed by atoms with van der Waals surface area (Å²) in [5.74, 6) is -1.08. The van der Waals surface area contributed by atoms with Crippen LogP contribution in [0.5, 0.6) is 5.75 Å². The van der Waals surface area contributed by atoms with Crippen LogP contribution in [0.2, 0.25) is 0 Å². The number of carbonyl (C=O) groups is 1. The van der Waals surface area contributed by atoms with Gasteiger partial charge in [-0.25, -0.2) is 13.4 Å². The Morgan fingerprint density at radius 3 is 2.53 bits per heavy atom. The van der Waals surface area contributed by atoms with Gasteiger partial charge in [0.2, 0.25) is 0 Å². The van der Waals surface area contributed by atoms with E-state index < -0.39 is 38.7 Å². The largest absolute Gasteiger partial charge is 0.573 e. The zero-order chi connectivity index (χ0) is 21.6. The Hall–Kier alpha value is -2.67. The quantitative estimate of drug-likeness (QED) is 0.687. The van der Waals surface area contributed by atoms with E-state index in [1.54, 1.807) is 0 Å². The fourth-order valence-electron chi connectivity index (χ4n) is 3.56. The van der Waals surface area contributed by atoms with Crippen LogP contribution in [-0.2, 0) is 21.1 Å². The van der Waals surface area contributed by atoms with E-state index in [1.807, 2.05) is 0 Å². The van der Waals surface area contributed by atoms with Gasteiger partial charge in [-0.1, -0.05) is 0 Å². The lowest BCUT2D eigenvalue weighted by Crippen LogP contribution is -2.70. The Kier molecular flexibility index (Phi) is 4.97. The molecule has 1 atom stereocenters. The molecule has 2 fully saturated rings. The number of hydrogen-bond donors (Lipinski definition) is 0. The Bertz CT molecular complexity index is 1020. The number of alkyl halides is 3. The summed E-state index contributed by atoms with van der Waals surface area (Å²) in [4.78, 5) is 17.7. The van der Waals surface area contributed by atoms with Crippen molar-refractivity contribution in [2.75, 3.05) is 25.4 Å². The number of likely N-dealkylation sites (tertiary alicyclic amines) is 1. The van der Waals surface area contributed by atoms with Gasteiger partial charge in [-0.2, -0.15) is 5.10 Å². The Balaban J connectivity index is 1.35. The van der Waals surface area contributed by atoms with Crippen LogP contribution < -0.4 is 4.74 Å². The number of carbonyl (C=O) groups excluding carboxylic acids is 1. The molecule has 0 radical (unpaired) electrons. The van der Waals surface area contributed by atoms with Crippen molar-refractivity contribution in [3.63, 3.8) is 0 Å². The molecular formula is C17H17F3N4O5S. The SMILES string of the molecule is O=C(c1ccc(OC(F)(F)F)cc1)N1CC2(C1)CS(=O)(=O)[C@@H](Cn1cncn1)CO2. The van der Waals surface area contributed by atoms with Crippen molar-refractivity contribution >= 4 is 15.7 Å². The fraction of sp³-hybridized carbons (Fsp3) is 0.471. The van der Waals surface area contributed by atoms with Crippen molar-refractivity contribution in [1.29, 1.82) is 0 Å². The van der Waals surface area contributed by atoms with Crippen molar-refractivity contribution in [2.45, 2.75) is 23.8 Å². The number of sulfone groups is 1. The third-order valence-electron chi connectivity index (χ3n) is 4.98. The van der Waals surface area contributed by atoms with Crippen molar-refractivity contribution in [2.24, 2.45) is 0 Å². The molecular weight excluding hydrogens is 429 g/mol. The van der Waals surface area contributed by atoms with Crippen molar-refractivity contribution in [1.82, 2.24) is 19.7 Å². The summed E-state index contributed by atoms with van der Waals surface area (Å²) in [6.07, 6.45) is -2.07. The molecule has 0 unspecified atom stereocenters. The molecule has 0 aliphatic carbocycles. The summed E-state index contributed by atoms with van der Waals surface area (Å²) in [5.41, 5.74) is -0.797. The van der Waals surface area contributed by atoms with Gasteiger partial charge in [0.1, 0.15) is 29.3 Å². The molecule has 30 heavy (non-hydrogen) atoms. The maximum Gasteiger partial charge on any atom is 0.573 e. The first kappa shape index (κ1) is 20.6. The Morgan fingerprint density at radius 1 is 1.27 bits per heavy atom. The lowest BCUT2D eigenvalue weighted by atomic mass is 9.94. The number of aromatic nitrogens is 3. The summed E-state index contributed by atoms with van der Waals surface area (Å²) < 4.78 is 73.0. The number of hydrogen-bond acceptors (Lipinski definition) is 7. The van der Waals surface area contributed by atoms with E-state index in [0.29, 0.717) is 0 Å². The van der Waals surface area contributed by atoms with Gasteiger partial charge < -0.3 is 14.4 Å². The van der Waals surface area contributed by atoms with E-state index in [4.69, 9.17) is 4.74 Å². The monoisotopic (exact) mass is 446 g/mol. The highest BCUT2D eigenvalue weighted by Gasteiger charge is 2.54. The lowest BCUT2D eigenvalue weighted by Gasteiger charge is -2.52. The van der Waals surface area contributed by atoms with Crippen molar-refractivity contribution < 1.29 is 35.9 Å². The number of benzene rings is 1. The molecule has 2 aliphatic heterocycles. The summed E-state index contributed by atoms with van der Waals surface area (Å²) in [6, 6.07) is 4.54. The predicted octanol–water partition coefficient (Wildman–Crippen LogP) is 0.885. The van der Waals surface area contributed by atoms with Crippen LogP contribution in [0.25, 0.3) is 0 Å². The molecule has 0 N–H and O–H groups in total. The minimum atomic E-state index is -4.81. The van der Waals surface area contributed by atoms with Crippen LogP contribution in [0.1, 0.15) is 10.4 Å². The van der Waals surface area contributed by atoms with Crippen LogP contribution in [0.4, 0.5) is 13.2 Å². The van der Waals surface area contributed by atoms with Crippen LogP contribution in [-0.4, -0.2) is 76.7 Å².